The molecule has 2 aromatic rings. The number of nitrogens with two attached hydrogens (primary N) is 1. The Balaban J connectivity index is 1.57. The first-order chi connectivity index (χ1) is 13.6. The predicted octanol–water partition coefficient (Wildman–Crippen LogP) is 4.70. The zero-order valence-corrected chi connectivity index (χ0v) is 17.8. The van der Waals surface area contributed by atoms with Gasteiger partial charge < -0.3 is 20.5 Å². The van der Waals surface area contributed by atoms with Gasteiger partial charge in [0.25, 0.3) is 0 Å². The lowest BCUT2D eigenvalue weighted by Gasteiger charge is -2.49. The van der Waals surface area contributed by atoms with Crippen LogP contribution < -0.4 is 15.8 Å². The summed E-state index contributed by atoms with van der Waals surface area (Å²) >= 11 is 9.82. The molecule has 3 unspecified atom stereocenters. The van der Waals surface area contributed by atoms with E-state index in [2.05, 4.69) is 26.2 Å². The molecule has 7 heteroatoms. The fraction of sp³-hybridized carbons (Fsp3) is 0.476. The minimum atomic E-state index is -0.760. The van der Waals surface area contributed by atoms with E-state index >= 15 is 0 Å². The number of halogens is 2. The minimum absolute atomic E-state index is 0.158. The van der Waals surface area contributed by atoms with Gasteiger partial charge in [-0.3, -0.25) is 0 Å². The minimum Gasteiger partial charge on any atom is -0.455 e. The second kappa shape index (κ2) is 7.26. The van der Waals surface area contributed by atoms with Crippen molar-refractivity contribution in [1.82, 2.24) is 10.3 Å². The Morgan fingerprint density at radius 2 is 1.93 bits per heavy atom. The van der Waals surface area contributed by atoms with Crippen LogP contribution in [-0.4, -0.2) is 23.8 Å². The van der Waals surface area contributed by atoms with Gasteiger partial charge in [0.15, 0.2) is 5.75 Å². The molecule has 1 aromatic carbocycles. The third kappa shape index (κ3) is 3.06. The Morgan fingerprint density at radius 1 is 1.14 bits per heavy atom. The van der Waals surface area contributed by atoms with Crippen molar-refractivity contribution in [3.05, 3.63) is 51.2 Å². The number of rotatable bonds is 1. The summed E-state index contributed by atoms with van der Waals surface area (Å²) in [5.41, 5.74) is 7.67. The van der Waals surface area contributed by atoms with Crippen molar-refractivity contribution in [3.8, 4) is 11.5 Å². The molecule has 3 heterocycles. The summed E-state index contributed by atoms with van der Waals surface area (Å²) in [5, 5.41) is 4.14. The van der Waals surface area contributed by atoms with Gasteiger partial charge in [-0.1, -0.05) is 46.8 Å². The second-order valence-electron chi connectivity index (χ2n) is 7.96. The maximum Gasteiger partial charge on any atom is 0.152 e. The average molecular weight is 465 g/mol. The molecule has 0 radical (unpaired) electrons. The van der Waals surface area contributed by atoms with Gasteiger partial charge in [0.2, 0.25) is 0 Å². The Hall–Kier alpha value is -1.18. The summed E-state index contributed by atoms with van der Waals surface area (Å²) < 4.78 is 13.7. The zero-order valence-electron chi connectivity index (χ0n) is 15.5. The van der Waals surface area contributed by atoms with Crippen LogP contribution >= 0.6 is 27.5 Å². The number of fused-ring (bicyclic) bond motifs is 4. The van der Waals surface area contributed by atoms with Crippen LogP contribution in [0.15, 0.2) is 34.9 Å². The highest BCUT2D eigenvalue weighted by molar-refractivity contribution is 9.10. The lowest BCUT2D eigenvalue weighted by atomic mass is 9.78. The molecular weight excluding hydrogens is 442 g/mol. The Morgan fingerprint density at radius 3 is 2.71 bits per heavy atom. The molecule has 1 spiro atoms. The summed E-state index contributed by atoms with van der Waals surface area (Å²) in [6, 6.07) is 7.94. The third-order valence-electron chi connectivity index (χ3n) is 6.30. The molecule has 3 atom stereocenters. The van der Waals surface area contributed by atoms with Crippen LogP contribution in [0.3, 0.4) is 0 Å². The van der Waals surface area contributed by atoms with Crippen LogP contribution in [0, 0.1) is 5.92 Å². The quantitative estimate of drug-likeness (QED) is 0.599. The highest BCUT2D eigenvalue weighted by atomic mass is 79.9. The molecule has 148 valence electrons. The molecular formula is C21H23BrClN3O2. The van der Waals surface area contributed by atoms with Gasteiger partial charge in [0.05, 0.1) is 6.20 Å². The molecule has 0 amide bonds. The van der Waals surface area contributed by atoms with Crippen LogP contribution in [0.1, 0.15) is 43.2 Å². The van der Waals surface area contributed by atoms with Crippen LogP contribution in [-0.2, 0) is 10.3 Å². The second-order valence-corrected chi connectivity index (χ2v) is 9.26. The topological polar surface area (TPSA) is 69.4 Å². The standard InChI is InChI=1S/C21H23BrClN3O2/c22-13-6-7-16-14(8-13)21(15-9-18(23)25-10-17(15)27-16)11-26-19(20(24)28-21)12-4-2-1-3-5-12/h6-10,12,19-20,26H,1-5,11,24H2. The monoisotopic (exact) mass is 463 g/mol. The first-order valence-corrected chi connectivity index (χ1v) is 11.0. The molecule has 1 saturated carbocycles. The number of morpholine rings is 1. The number of ether oxygens (including phenoxy) is 2. The third-order valence-corrected chi connectivity index (χ3v) is 7.00. The largest absolute Gasteiger partial charge is 0.455 e. The molecule has 2 fully saturated rings. The number of hydrogen-bond donors (Lipinski definition) is 2. The normalized spacial score (nSPS) is 29.8. The van der Waals surface area contributed by atoms with Crippen LogP contribution in [0.4, 0.5) is 0 Å². The zero-order chi connectivity index (χ0) is 19.3. The van der Waals surface area contributed by atoms with Crippen molar-refractivity contribution >= 4 is 27.5 Å². The molecule has 3 N–H and O–H groups in total. The van der Waals surface area contributed by atoms with Crippen molar-refractivity contribution in [3.63, 3.8) is 0 Å². The molecule has 2 aliphatic heterocycles. The molecule has 28 heavy (non-hydrogen) atoms. The first kappa shape index (κ1) is 18.8. The number of hydrogen-bond acceptors (Lipinski definition) is 5. The van der Waals surface area contributed by atoms with Crippen molar-refractivity contribution in [1.29, 1.82) is 0 Å². The molecule has 0 bridgehead atoms. The van der Waals surface area contributed by atoms with Gasteiger partial charge in [-0.25, -0.2) is 4.98 Å². The summed E-state index contributed by atoms with van der Waals surface area (Å²) in [7, 11) is 0. The highest BCUT2D eigenvalue weighted by Gasteiger charge is 2.50. The summed E-state index contributed by atoms with van der Waals surface area (Å²) in [5.74, 6) is 1.97. The van der Waals surface area contributed by atoms with Gasteiger partial charge in [-0.05, 0) is 43.0 Å². The van der Waals surface area contributed by atoms with Gasteiger partial charge in [-0.2, -0.15) is 0 Å². The lowest BCUT2D eigenvalue weighted by molar-refractivity contribution is -0.129. The SMILES string of the molecule is NC1OC2(CNC1C1CCCCC1)c1cc(Br)ccc1Oc1cnc(Cl)cc12. The first-order valence-electron chi connectivity index (χ1n) is 9.87. The number of benzene rings is 1. The maximum absolute atomic E-state index is 6.67. The summed E-state index contributed by atoms with van der Waals surface area (Å²) in [6.07, 6.45) is 7.52. The van der Waals surface area contributed by atoms with Crippen LogP contribution in [0.2, 0.25) is 5.15 Å². The van der Waals surface area contributed by atoms with Gasteiger partial charge >= 0.3 is 0 Å². The van der Waals surface area contributed by atoms with Gasteiger partial charge in [-0.15, -0.1) is 0 Å². The van der Waals surface area contributed by atoms with E-state index in [0.29, 0.717) is 23.4 Å². The molecule has 1 saturated heterocycles. The number of pyridine rings is 1. The Labute approximate surface area is 178 Å². The maximum atomic E-state index is 6.67. The van der Waals surface area contributed by atoms with E-state index < -0.39 is 11.8 Å². The van der Waals surface area contributed by atoms with E-state index in [-0.39, 0.29) is 6.04 Å². The van der Waals surface area contributed by atoms with E-state index in [1.807, 2.05) is 24.3 Å². The van der Waals surface area contributed by atoms with E-state index in [0.717, 1.165) is 21.3 Å². The van der Waals surface area contributed by atoms with Crippen molar-refractivity contribution in [2.75, 3.05) is 6.54 Å². The van der Waals surface area contributed by atoms with Crippen molar-refractivity contribution < 1.29 is 9.47 Å². The molecule has 1 aliphatic carbocycles. The fourth-order valence-corrected chi connectivity index (χ4v) is 5.47. The molecule has 3 aliphatic rings. The van der Waals surface area contributed by atoms with E-state index in [9.17, 15) is 0 Å². The van der Waals surface area contributed by atoms with E-state index in [1.165, 1.54) is 32.1 Å². The Bertz CT molecular complexity index is 852. The number of aromatic nitrogens is 1. The van der Waals surface area contributed by atoms with Crippen LogP contribution in [0.5, 0.6) is 11.5 Å². The highest BCUT2D eigenvalue weighted by Crippen LogP contribution is 2.51. The summed E-state index contributed by atoms with van der Waals surface area (Å²) in [4.78, 5) is 4.19. The smallest absolute Gasteiger partial charge is 0.152 e. The average Bonchev–Trinajstić information content (AvgIpc) is 2.70. The van der Waals surface area contributed by atoms with E-state index in [4.69, 9.17) is 26.8 Å². The van der Waals surface area contributed by atoms with Crippen LogP contribution in [0.25, 0.3) is 0 Å². The summed E-state index contributed by atoms with van der Waals surface area (Å²) in [6.45, 7) is 0.613. The number of nitrogens with zero attached hydrogens (tertiary/aromatic N) is 1. The van der Waals surface area contributed by atoms with Crippen molar-refractivity contribution in [2.45, 2.75) is 50.0 Å². The Kier molecular flexibility index (Phi) is 4.88. The van der Waals surface area contributed by atoms with Gasteiger partial charge in [0, 0.05) is 28.2 Å². The number of nitrogens with one attached hydrogen (secondary N) is 1. The van der Waals surface area contributed by atoms with E-state index in [1.54, 1.807) is 6.20 Å². The molecule has 5 nitrogen and oxygen atoms in total. The molecule has 1 aromatic heterocycles. The lowest BCUT2D eigenvalue weighted by Crippen LogP contribution is -2.63. The van der Waals surface area contributed by atoms with Crippen molar-refractivity contribution in [2.24, 2.45) is 11.7 Å². The van der Waals surface area contributed by atoms with Gasteiger partial charge in [0.1, 0.15) is 22.7 Å². The molecule has 5 rings (SSSR count). The predicted molar refractivity (Wildman–Crippen MR) is 112 cm³/mol. The fourth-order valence-electron chi connectivity index (χ4n) is 4.96.